The molecule has 0 aliphatic carbocycles. The summed E-state index contributed by atoms with van der Waals surface area (Å²) in [5.74, 6) is 0.525. The summed E-state index contributed by atoms with van der Waals surface area (Å²) >= 11 is 0. The number of amides is 1. The third kappa shape index (κ3) is 3.80. The fraction of sp³-hybridized carbons (Fsp3) is 0.600. The van der Waals surface area contributed by atoms with Gasteiger partial charge in [0.1, 0.15) is 0 Å². The number of hydrogen-bond acceptors (Lipinski definition) is 7. The molecule has 1 amide bonds. The Hall–Kier alpha value is -2.26. The molecule has 2 saturated heterocycles. The van der Waals surface area contributed by atoms with E-state index in [1.807, 2.05) is 9.80 Å². The molecular formula is C15H21N5O4. The molecule has 2 aliphatic heterocycles. The van der Waals surface area contributed by atoms with Gasteiger partial charge in [-0.05, 0) is 6.07 Å². The number of nitrogens with zero attached hydrogens (tertiary/aromatic N) is 5. The molecule has 2 aliphatic rings. The lowest BCUT2D eigenvalue weighted by Gasteiger charge is -2.36. The number of nitro groups is 1. The molecule has 0 bridgehead atoms. The number of hydrogen-bond donors (Lipinski definition) is 0. The second-order valence-corrected chi connectivity index (χ2v) is 5.86. The second-order valence-electron chi connectivity index (χ2n) is 5.86. The maximum absolute atomic E-state index is 12.3. The zero-order valence-corrected chi connectivity index (χ0v) is 13.5. The summed E-state index contributed by atoms with van der Waals surface area (Å²) in [7, 11) is 0. The van der Waals surface area contributed by atoms with E-state index in [0.717, 1.165) is 0 Å². The Kier molecular flexibility index (Phi) is 5.21. The summed E-state index contributed by atoms with van der Waals surface area (Å²) in [5.41, 5.74) is 0.0235. The van der Waals surface area contributed by atoms with Crippen LogP contribution >= 0.6 is 0 Å². The maximum Gasteiger partial charge on any atom is 0.311 e. The Labute approximate surface area is 139 Å². The molecule has 9 heteroatoms. The van der Waals surface area contributed by atoms with Gasteiger partial charge in [0.05, 0.1) is 24.7 Å². The highest BCUT2D eigenvalue weighted by molar-refractivity contribution is 5.78. The van der Waals surface area contributed by atoms with Gasteiger partial charge >= 0.3 is 5.69 Å². The maximum atomic E-state index is 12.3. The Balaban J connectivity index is 1.54. The van der Waals surface area contributed by atoms with Crippen molar-refractivity contribution in [1.82, 2.24) is 14.8 Å². The van der Waals surface area contributed by atoms with E-state index in [-0.39, 0.29) is 11.6 Å². The number of carbonyl (C=O) groups excluding carboxylic acids is 1. The number of carbonyl (C=O) groups is 1. The number of piperazine rings is 1. The summed E-state index contributed by atoms with van der Waals surface area (Å²) in [4.78, 5) is 33.0. The number of ether oxygens (including phenoxy) is 1. The average molecular weight is 335 g/mol. The van der Waals surface area contributed by atoms with Gasteiger partial charge < -0.3 is 14.5 Å². The summed E-state index contributed by atoms with van der Waals surface area (Å²) in [6.45, 7) is 5.50. The smallest absolute Gasteiger partial charge is 0.311 e. The van der Waals surface area contributed by atoms with Crippen LogP contribution in [0, 0.1) is 10.1 Å². The first-order chi connectivity index (χ1) is 11.6. The van der Waals surface area contributed by atoms with Gasteiger partial charge in [-0.3, -0.25) is 19.8 Å². The third-order valence-electron chi connectivity index (χ3n) is 4.36. The molecule has 9 nitrogen and oxygen atoms in total. The van der Waals surface area contributed by atoms with Gasteiger partial charge in [-0.25, -0.2) is 4.98 Å². The molecule has 24 heavy (non-hydrogen) atoms. The predicted molar refractivity (Wildman–Crippen MR) is 86.9 cm³/mol. The van der Waals surface area contributed by atoms with E-state index in [4.69, 9.17) is 4.74 Å². The Morgan fingerprint density at radius 2 is 1.92 bits per heavy atom. The summed E-state index contributed by atoms with van der Waals surface area (Å²) in [5, 5.41) is 11.1. The average Bonchev–Trinajstić information content (AvgIpc) is 2.63. The van der Waals surface area contributed by atoms with E-state index in [9.17, 15) is 14.9 Å². The monoisotopic (exact) mass is 335 g/mol. The first-order valence-corrected chi connectivity index (χ1v) is 8.07. The normalized spacial score (nSPS) is 19.3. The van der Waals surface area contributed by atoms with Crippen LogP contribution < -0.4 is 4.90 Å². The van der Waals surface area contributed by atoms with Crippen LogP contribution in [0.2, 0.25) is 0 Å². The van der Waals surface area contributed by atoms with Crippen LogP contribution in [0.15, 0.2) is 18.3 Å². The van der Waals surface area contributed by atoms with Crippen molar-refractivity contribution in [1.29, 1.82) is 0 Å². The van der Waals surface area contributed by atoms with Gasteiger partial charge in [0.25, 0.3) is 0 Å². The lowest BCUT2D eigenvalue weighted by atomic mass is 10.2. The van der Waals surface area contributed by atoms with Gasteiger partial charge in [-0.1, -0.05) is 0 Å². The highest BCUT2D eigenvalue weighted by Gasteiger charge is 2.26. The number of pyridine rings is 1. The first-order valence-electron chi connectivity index (χ1n) is 8.07. The number of morpholine rings is 1. The van der Waals surface area contributed by atoms with Crippen molar-refractivity contribution in [3.05, 3.63) is 28.4 Å². The van der Waals surface area contributed by atoms with Crippen LogP contribution in [0.25, 0.3) is 0 Å². The van der Waals surface area contributed by atoms with Crippen LogP contribution in [0.5, 0.6) is 0 Å². The highest BCUT2D eigenvalue weighted by atomic mass is 16.6. The van der Waals surface area contributed by atoms with Gasteiger partial charge in [-0.2, -0.15) is 0 Å². The lowest BCUT2D eigenvalue weighted by molar-refractivity contribution is -0.384. The second kappa shape index (κ2) is 7.54. The lowest BCUT2D eigenvalue weighted by Crippen LogP contribution is -2.51. The molecule has 0 aromatic carbocycles. The van der Waals surface area contributed by atoms with E-state index in [1.165, 1.54) is 6.07 Å². The minimum absolute atomic E-state index is 0.0235. The number of anilines is 1. The Bertz CT molecular complexity index is 597. The zero-order chi connectivity index (χ0) is 16.9. The third-order valence-corrected chi connectivity index (χ3v) is 4.36. The Morgan fingerprint density at radius 3 is 2.58 bits per heavy atom. The molecule has 0 atom stereocenters. The van der Waals surface area contributed by atoms with Crippen molar-refractivity contribution in [3.8, 4) is 0 Å². The standard InChI is InChI=1S/C15H21N5O4/c21-14(18-8-10-24-11-9-18)12-17-4-6-19(7-5-17)15-13(20(22)23)2-1-3-16-15/h1-3H,4-12H2. The molecule has 0 saturated carbocycles. The molecule has 0 radical (unpaired) electrons. The first kappa shape index (κ1) is 16.6. The van der Waals surface area contributed by atoms with Crippen LogP contribution in [0.1, 0.15) is 0 Å². The van der Waals surface area contributed by atoms with Crippen molar-refractivity contribution in [2.75, 3.05) is 63.9 Å². The number of rotatable bonds is 4. The van der Waals surface area contributed by atoms with E-state index < -0.39 is 4.92 Å². The molecule has 3 rings (SSSR count). The topological polar surface area (TPSA) is 92.0 Å². The van der Waals surface area contributed by atoms with Crippen molar-refractivity contribution < 1.29 is 14.5 Å². The van der Waals surface area contributed by atoms with Crippen LogP contribution in [-0.4, -0.2) is 84.6 Å². The quantitative estimate of drug-likeness (QED) is 0.563. The molecule has 130 valence electrons. The minimum Gasteiger partial charge on any atom is -0.378 e. The van der Waals surface area contributed by atoms with Crippen molar-refractivity contribution >= 4 is 17.4 Å². The SMILES string of the molecule is O=C(CN1CCN(c2ncccc2[N+](=O)[O-])CC1)N1CCOCC1. The molecular weight excluding hydrogens is 314 g/mol. The summed E-state index contributed by atoms with van der Waals surface area (Å²) in [6.07, 6.45) is 1.57. The predicted octanol–water partition coefficient (Wildman–Crippen LogP) is -0.0294. The molecule has 0 spiro atoms. The van der Waals surface area contributed by atoms with Gasteiger partial charge in [0, 0.05) is 51.5 Å². The molecule has 1 aromatic heterocycles. The van der Waals surface area contributed by atoms with Crippen LogP contribution in [0.3, 0.4) is 0 Å². The van der Waals surface area contributed by atoms with Crippen molar-refractivity contribution in [3.63, 3.8) is 0 Å². The van der Waals surface area contributed by atoms with E-state index in [0.29, 0.717) is 64.8 Å². The molecule has 2 fully saturated rings. The summed E-state index contributed by atoms with van der Waals surface area (Å²) in [6, 6.07) is 3.04. The fourth-order valence-electron chi connectivity index (χ4n) is 3.00. The molecule has 3 heterocycles. The fourth-order valence-corrected chi connectivity index (χ4v) is 3.00. The highest BCUT2D eigenvalue weighted by Crippen LogP contribution is 2.25. The summed E-state index contributed by atoms with van der Waals surface area (Å²) < 4.78 is 5.26. The molecule has 0 N–H and O–H groups in total. The van der Waals surface area contributed by atoms with Gasteiger partial charge in [-0.15, -0.1) is 0 Å². The largest absolute Gasteiger partial charge is 0.378 e. The molecule has 1 aromatic rings. The van der Waals surface area contributed by atoms with E-state index in [1.54, 1.807) is 12.3 Å². The number of aromatic nitrogens is 1. The van der Waals surface area contributed by atoms with Crippen molar-refractivity contribution in [2.24, 2.45) is 0 Å². The van der Waals surface area contributed by atoms with Gasteiger partial charge in [0.15, 0.2) is 0 Å². The van der Waals surface area contributed by atoms with Crippen molar-refractivity contribution in [2.45, 2.75) is 0 Å². The van der Waals surface area contributed by atoms with E-state index >= 15 is 0 Å². The van der Waals surface area contributed by atoms with Crippen LogP contribution in [-0.2, 0) is 9.53 Å². The van der Waals surface area contributed by atoms with Gasteiger partial charge in [0.2, 0.25) is 11.7 Å². The molecule has 0 unspecified atom stereocenters. The van der Waals surface area contributed by atoms with E-state index in [2.05, 4.69) is 9.88 Å². The zero-order valence-electron chi connectivity index (χ0n) is 13.5. The minimum atomic E-state index is -0.406. The Morgan fingerprint density at radius 1 is 1.21 bits per heavy atom. The van der Waals surface area contributed by atoms with Crippen LogP contribution in [0.4, 0.5) is 11.5 Å².